The molecule has 0 fully saturated rings. The van der Waals surface area contributed by atoms with E-state index in [0.717, 1.165) is 11.1 Å². The molecule has 0 amide bonds. The first-order valence-corrected chi connectivity index (χ1v) is 7.57. The van der Waals surface area contributed by atoms with Crippen molar-refractivity contribution in [3.63, 3.8) is 0 Å². The van der Waals surface area contributed by atoms with Gasteiger partial charge in [0.1, 0.15) is 5.41 Å². The van der Waals surface area contributed by atoms with Crippen LogP contribution >= 0.6 is 0 Å². The van der Waals surface area contributed by atoms with Crippen LogP contribution in [0.15, 0.2) is 72.8 Å². The Balaban J connectivity index is 2.40. The van der Waals surface area contributed by atoms with Crippen LogP contribution in [-0.2, 0) is 5.41 Å². The average molecular weight is 314 g/mol. The van der Waals surface area contributed by atoms with Gasteiger partial charge in [-0.3, -0.25) is 0 Å². The highest BCUT2D eigenvalue weighted by Gasteiger charge is 2.38. The second kappa shape index (κ2) is 5.98. The van der Waals surface area contributed by atoms with Crippen molar-refractivity contribution in [2.45, 2.75) is 5.41 Å². The molecule has 0 heterocycles. The maximum atomic E-state index is 10.2. The lowest BCUT2D eigenvalue weighted by atomic mass is 9.70. The Bertz CT molecular complexity index is 857. The van der Waals surface area contributed by atoms with Crippen molar-refractivity contribution in [3.8, 4) is 6.07 Å². The smallest absolute Gasteiger partial charge is 0.134 e. The normalized spacial score (nSPS) is 11.0. The molecule has 4 nitrogen and oxygen atoms in total. The molecule has 0 atom stereocenters. The fourth-order valence-corrected chi connectivity index (χ4v) is 3.02. The summed E-state index contributed by atoms with van der Waals surface area (Å²) in [7, 11) is 0. The van der Waals surface area contributed by atoms with Crippen molar-refractivity contribution < 1.29 is 0 Å². The van der Waals surface area contributed by atoms with E-state index in [1.807, 2.05) is 60.7 Å². The van der Waals surface area contributed by atoms with E-state index < -0.39 is 5.41 Å². The van der Waals surface area contributed by atoms with Crippen molar-refractivity contribution in [2.24, 2.45) is 0 Å². The van der Waals surface area contributed by atoms with Crippen LogP contribution in [0, 0.1) is 11.3 Å². The van der Waals surface area contributed by atoms with Crippen molar-refractivity contribution in [3.05, 3.63) is 89.5 Å². The zero-order chi connectivity index (χ0) is 17.2. The average Bonchev–Trinajstić information content (AvgIpc) is 2.64. The molecule has 3 aromatic carbocycles. The molecule has 0 saturated heterocycles. The lowest BCUT2D eigenvalue weighted by molar-refractivity contribution is 0.798. The van der Waals surface area contributed by atoms with Gasteiger partial charge in [0.15, 0.2) is 0 Å². The Morgan fingerprint density at radius 2 is 1.17 bits per heavy atom. The summed E-state index contributed by atoms with van der Waals surface area (Å²) in [5, 5.41) is 10.2. The minimum Gasteiger partial charge on any atom is -0.397 e. The highest BCUT2D eigenvalue weighted by Crippen LogP contribution is 2.43. The van der Waals surface area contributed by atoms with Gasteiger partial charge in [-0.15, -0.1) is 0 Å². The molecule has 118 valence electrons. The van der Waals surface area contributed by atoms with E-state index >= 15 is 0 Å². The standard InChI is InChI=1S/C20H18N4/c21-13-20(14-7-3-1-4-8-14,15-9-5-2-6-10-15)16-11-12-17(22)19(24)18(16)23/h1-12H,22-24H2. The molecule has 6 N–H and O–H groups in total. The van der Waals surface area contributed by atoms with Crippen LogP contribution < -0.4 is 17.2 Å². The van der Waals surface area contributed by atoms with Gasteiger partial charge >= 0.3 is 0 Å². The van der Waals surface area contributed by atoms with Crippen LogP contribution in [0.4, 0.5) is 17.1 Å². The molecule has 0 unspecified atom stereocenters. The highest BCUT2D eigenvalue weighted by atomic mass is 14.7. The first-order chi connectivity index (χ1) is 11.6. The Kier molecular flexibility index (Phi) is 3.85. The number of nitriles is 1. The summed E-state index contributed by atoms with van der Waals surface area (Å²) < 4.78 is 0. The maximum Gasteiger partial charge on any atom is 0.134 e. The third kappa shape index (κ3) is 2.24. The van der Waals surface area contributed by atoms with E-state index in [-0.39, 0.29) is 0 Å². The molecule has 0 aromatic heterocycles. The summed E-state index contributed by atoms with van der Waals surface area (Å²) >= 11 is 0. The summed E-state index contributed by atoms with van der Waals surface area (Å²) in [5.41, 5.74) is 20.4. The first kappa shape index (κ1) is 15.4. The second-order valence-electron chi connectivity index (χ2n) is 5.62. The third-order valence-electron chi connectivity index (χ3n) is 4.31. The SMILES string of the molecule is N#CC(c1ccccc1)(c1ccccc1)c1ccc(N)c(N)c1N. The number of benzene rings is 3. The highest BCUT2D eigenvalue weighted by molar-refractivity contribution is 5.83. The molecule has 24 heavy (non-hydrogen) atoms. The van der Waals surface area contributed by atoms with E-state index in [4.69, 9.17) is 17.2 Å². The number of nitrogens with zero attached hydrogens (tertiary/aromatic N) is 1. The maximum absolute atomic E-state index is 10.2. The van der Waals surface area contributed by atoms with Crippen LogP contribution in [0.5, 0.6) is 0 Å². The first-order valence-electron chi connectivity index (χ1n) is 7.57. The number of rotatable bonds is 3. The van der Waals surface area contributed by atoms with Crippen molar-refractivity contribution in [2.75, 3.05) is 17.2 Å². The molecular formula is C20H18N4. The van der Waals surface area contributed by atoms with Gasteiger partial charge in [-0.05, 0) is 17.2 Å². The fraction of sp³-hybridized carbons (Fsp3) is 0.0500. The monoisotopic (exact) mass is 314 g/mol. The van der Waals surface area contributed by atoms with Crippen LogP contribution in [0.25, 0.3) is 0 Å². The van der Waals surface area contributed by atoms with Crippen LogP contribution in [0.1, 0.15) is 16.7 Å². The number of hydrogen-bond acceptors (Lipinski definition) is 4. The molecule has 0 bridgehead atoms. The fourth-order valence-electron chi connectivity index (χ4n) is 3.02. The Morgan fingerprint density at radius 1 is 0.667 bits per heavy atom. The summed E-state index contributed by atoms with van der Waals surface area (Å²) in [4.78, 5) is 0. The molecule has 3 aromatic rings. The van der Waals surface area contributed by atoms with E-state index in [1.54, 1.807) is 12.1 Å². The number of hydrogen-bond donors (Lipinski definition) is 3. The molecule has 0 saturated carbocycles. The van der Waals surface area contributed by atoms with Crippen LogP contribution in [0.3, 0.4) is 0 Å². The van der Waals surface area contributed by atoms with E-state index in [0.29, 0.717) is 22.6 Å². The van der Waals surface area contributed by atoms with Crippen LogP contribution in [-0.4, -0.2) is 0 Å². The predicted octanol–water partition coefficient (Wildman–Crippen LogP) is 3.29. The predicted molar refractivity (Wildman–Crippen MR) is 98.1 cm³/mol. The molecule has 0 spiro atoms. The molecular weight excluding hydrogens is 296 g/mol. The third-order valence-corrected chi connectivity index (χ3v) is 4.31. The number of anilines is 3. The molecule has 0 radical (unpaired) electrons. The van der Waals surface area contributed by atoms with Crippen molar-refractivity contribution in [1.82, 2.24) is 0 Å². The summed E-state index contributed by atoms with van der Waals surface area (Å²) in [6, 6.07) is 25.1. The summed E-state index contributed by atoms with van der Waals surface area (Å²) in [6.45, 7) is 0. The topological polar surface area (TPSA) is 102 Å². The summed E-state index contributed by atoms with van der Waals surface area (Å²) in [5.74, 6) is 0. The largest absolute Gasteiger partial charge is 0.397 e. The zero-order valence-electron chi connectivity index (χ0n) is 13.1. The molecule has 3 rings (SSSR count). The van der Waals surface area contributed by atoms with Gasteiger partial charge < -0.3 is 17.2 Å². The van der Waals surface area contributed by atoms with Gasteiger partial charge in [0.05, 0.1) is 23.1 Å². The zero-order valence-corrected chi connectivity index (χ0v) is 13.1. The van der Waals surface area contributed by atoms with E-state index in [1.165, 1.54) is 0 Å². The van der Waals surface area contributed by atoms with Gasteiger partial charge in [-0.25, -0.2) is 0 Å². The molecule has 0 aliphatic carbocycles. The quantitative estimate of drug-likeness (QED) is 0.510. The van der Waals surface area contributed by atoms with Gasteiger partial charge in [-0.2, -0.15) is 5.26 Å². The Hall–Kier alpha value is -3.45. The van der Waals surface area contributed by atoms with Crippen molar-refractivity contribution in [1.29, 1.82) is 5.26 Å². The molecule has 4 heteroatoms. The second-order valence-corrected chi connectivity index (χ2v) is 5.62. The number of nitrogens with two attached hydrogens (primary N) is 3. The van der Waals surface area contributed by atoms with Crippen LogP contribution in [0.2, 0.25) is 0 Å². The number of nitrogen functional groups attached to an aromatic ring is 3. The summed E-state index contributed by atoms with van der Waals surface area (Å²) in [6.07, 6.45) is 0. The Morgan fingerprint density at radius 3 is 1.62 bits per heavy atom. The van der Waals surface area contributed by atoms with E-state index in [9.17, 15) is 5.26 Å². The van der Waals surface area contributed by atoms with Gasteiger partial charge in [0, 0.05) is 5.56 Å². The molecule has 0 aliphatic rings. The lowest BCUT2D eigenvalue weighted by Gasteiger charge is -2.30. The lowest BCUT2D eigenvalue weighted by Crippen LogP contribution is -2.29. The van der Waals surface area contributed by atoms with Gasteiger partial charge in [0.25, 0.3) is 0 Å². The molecule has 0 aliphatic heterocycles. The van der Waals surface area contributed by atoms with Gasteiger partial charge in [0.2, 0.25) is 0 Å². The van der Waals surface area contributed by atoms with Gasteiger partial charge in [-0.1, -0.05) is 66.7 Å². The Labute approximate surface area is 141 Å². The minimum absolute atomic E-state index is 0.305. The minimum atomic E-state index is -1.06. The van der Waals surface area contributed by atoms with Crippen molar-refractivity contribution >= 4 is 17.1 Å². The van der Waals surface area contributed by atoms with E-state index in [2.05, 4.69) is 6.07 Å².